The SMILES string of the molecule is CC(=O)c1cc(C#N)c(SC(C)C(=O)NC2CCCc3ccccc32)nc1C. The van der Waals surface area contributed by atoms with Crippen LogP contribution < -0.4 is 5.32 Å². The van der Waals surface area contributed by atoms with Crippen molar-refractivity contribution >= 4 is 23.5 Å². The van der Waals surface area contributed by atoms with E-state index in [1.165, 1.54) is 29.8 Å². The third-order valence-electron chi connectivity index (χ3n) is 5.02. The molecule has 0 aliphatic heterocycles. The number of amides is 1. The maximum absolute atomic E-state index is 12.8. The predicted octanol–water partition coefficient (Wildman–Crippen LogP) is 4.14. The van der Waals surface area contributed by atoms with Gasteiger partial charge in [-0.1, -0.05) is 36.0 Å². The van der Waals surface area contributed by atoms with Crippen molar-refractivity contribution in [2.24, 2.45) is 0 Å². The number of Topliss-reactive ketones (excluding diaryl/α,β-unsaturated/α-hetero) is 1. The minimum absolute atomic E-state index is 0.0192. The minimum atomic E-state index is -0.406. The molecule has 1 amide bonds. The molecule has 144 valence electrons. The molecule has 0 bridgehead atoms. The summed E-state index contributed by atoms with van der Waals surface area (Å²) in [5.41, 5.74) is 3.82. The van der Waals surface area contributed by atoms with Crippen LogP contribution in [-0.2, 0) is 11.2 Å². The predicted molar refractivity (Wildman–Crippen MR) is 109 cm³/mol. The fourth-order valence-electron chi connectivity index (χ4n) is 3.52. The van der Waals surface area contributed by atoms with E-state index in [-0.39, 0.29) is 17.7 Å². The number of aromatic nitrogens is 1. The van der Waals surface area contributed by atoms with E-state index in [2.05, 4.69) is 28.5 Å². The second-order valence-electron chi connectivity index (χ2n) is 7.05. The Morgan fingerprint density at radius 1 is 1.36 bits per heavy atom. The first-order valence-corrected chi connectivity index (χ1v) is 10.3. The Hall–Kier alpha value is -2.65. The second kappa shape index (κ2) is 8.57. The number of nitrogens with one attached hydrogen (secondary N) is 1. The molecule has 0 spiro atoms. The molecule has 1 N–H and O–H groups in total. The summed E-state index contributed by atoms with van der Waals surface area (Å²) in [4.78, 5) is 28.9. The third-order valence-corrected chi connectivity index (χ3v) is 6.12. The molecule has 0 saturated heterocycles. The number of carbonyl (C=O) groups excluding carboxylic acids is 2. The first-order chi connectivity index (χ1) is 13.4. The zero-order chi connectivity index (χ0) is 20.3. The van der Waals surface area contributed by atoms with Crippen LogP contribution in [0.3, 0.4) is 0 Å². The van der Waals surface area contributed by atoms with Gasteiger partial charge in [0.2, 0.25) is 5.91 Å². The zero-order valence-corrected chi connectivity index (χ0v) is 17.1. The van der Waals surface area contributed by atoms with Crippen LogP contribution in [0.4, 0.5) is 0 Å². The van der Waals surface area contributed by atoms with Crippen molar-refractivity contribution < 1.29 is 9.59 Å². The monoisotopic (exact) mass is 393 g/mol. The van der Waals surface area contributed by atoms with Crippen LogP contribution >= 0.6 is 11.8 Å². The van der Waals surface area contributed by atoms with Gasteiger partial charge >= 0.3 is 0 Å². The van der Waals surface area contributed by atoms with Gasteiger partial charge in [0.05, 0.1) is 16.9 Å². The van der Waals surface area contributed by atoms with Gasteiger partial charge in [0.1, 0.15) is 11.1 Å². The summed E-state index contributed by atoms with van der Waals surface area (Å²) in [6.07, 6.45) is 3.02. The van der Waals surface area contributed by atoms with E-state index in [1.807, 2.05) is 19.1 Å². The highest BCUT2D eigenvalue weighted by Gasteiger charge is 2.25. The van der Waals surface area contributed by atoms with Crippen molar-refractivity contribution in [2.45, 2.75) is 56.4 Å². The topological polar surface area (TPSA) is 82.8 Å². The van der Waals surface area contributed by atoms with Crippen molar-refractivity contribution in [1.29, 1.82) is 5.26 Å². The number of pyridine rings is 1. The van der Waals surface area contributed by atoms with Crippen LogP contribution in [0.1, 0.15) is 65.5 Å². The number of nitrogens with zero attached hydrogens (tertiary/aromatic N) is 2. The van der Waals surface area contributed by atoms with Gasteiger partial charge in [-0.15, -0.1) is 0 Å². The van der Waals surface area contributed by atoms with Crippen LogP contribution in [0.15, 0.2) is 35.4 Å². The van der Waals surface area contributed by atoms with Gasteiger partial charge < -0.3 is 5.32 Å². The van der Waals surface area contributed by atoms with Crippen LogP contribution in [0.5, 0.6) is 0 Å². The van der Waals surface area contributed by atoms with Gasteiger partial charge in [-0.05, 0) is 57.2 Å². The van der Waals surface area contributed by atoms with Crippen molar-refractivity contribution in [2.75, 3.05) is 0 Å². The third kappa shape index (κ3) is 4.26. The summed E-state index contributed by atoms with van der Waals surface area (Å²) < 4.78 is 0. The summed E-state index contributed by atoms with van der Waals surface area (Å²) in [6, 6.07) is 11.9. The average Bonchev–Trinajstić information content (AvgIpc) is 2.68. The van der Waals surface area contributed by atoms with E-state index < -0.39 is 5.25 Å². The summed E-state index contributed by atoms with van der Waals surface area (Å²) in [5, 5.41) is 12.7. The fraction of sp³-hybridized carbons (Fsp3) is 0.364. The highest BCUT2D eigenvalue weighted by molar-refractivity contribution is 8.00. The van der Waals surface area contributed by atoms with Crippen LogP contribution in [0.25, 0.3) is 0 Å². The number of hydrogen-bond acceptors (Lipinski definition) is 5. The second-order valence-corrected chi connectivity index (χ2v) is 8.38. The Morgan fingerprint density at radius 2 is 2.11 bits per heavy atom. The summed E-state index contributed by atoms with van der Waals surface area (Å²) in [6.45, 7) is 5.01. The standard InChI is InChI=1S/C22H23N3O2S/c1-13-19(14(2)26)11-17(12-23)22(24-13)28-15(3)21(27)25-20-10-6-8-16-7-4-5-9-18(16)20/h4-5,7,9,11,15,20H,6,8,10H2,1-3H3,(H,25,27). The van der Waals surface area contributed by atoms with E-state index in [4.69, 9.17) is 0 Å². The van der Waals surface area contributed by atoms with Gasteiger partial charge in [-0.2, -0.15) is 5.26 Å². The van der Waals surface area contributed by atoms with E-state index in [9.17, 15) is 14.9 Å². The number of ketones is 1. The molecule has 28 heavy (non-hydrogen) atoms. The minimum Gasteiger partial charge on any atom is -0.348 e. The molecule has 1 aromatic heterocycles. The average molecular weight is 394 g/mol. The summed E-state index contributed by atoms with van der Waals surface area (Å²) >= 11 is 1.25. The Labute approximate surface area is 169 Å². The van der Waals surface area contributed by atoms with Crippen molar-refractivity contribution in [3.05, 3.63) is 58.3 Å². The molecule has 5 nitrogen and oxygen atoms in total. The highest BCUT2D eigenvalue weighted by Crippen LogP contribution is 2.31. The molecule has 2 aromatic rings. The van der Waals surface area contributed by atoms with E-state index >= 15 is 0 Å². The number of aryl methyl sites for hydroxylation is 2. The van der Waals surface area contributed by atoms with E-state index in [0.29, 0.717) is 21.8 Å². The zero-order valence-electron chi connectivity index (χ0n) is 16.3. The van der Waals surface area contributed by atoms with Crippen LogP contribution in [-0.4, -0.2) is 21.9 Å². The molecule has 3 rings (SSSR count). The molecule has 1 heterocycles. The van der Waals surface area contributed by atoms with Crippen molar-refractivity contribution in [3.8, 4) is 6.07 Å². The summed E-state index contributed by atoms with van der Waals surface area (Å²) in [5.74, 6) is -0.203. The molecule has 2 unspecified atom stereocenters. The molecule has 6 heteroatoms. The van der Waals surface area contributed by atoms with Gasteiger partial charge in [0, 0.05) is 11.3 Å². The number of carbonyl (C=O) groups is 2. The number of thioether (sulfide) groups is 1. The first-order valence-electron chi connectivity index (χ1n) is 9.38. The summed E-state index contributed by atoms with van der Waals surface area (Å²) in [7, 11) is 0. The number of hydrogen-bond donors (Lipinski definition) is 1. The first kappa shape index (κ1) is 20.1. The smallest absolute Gasteiger partial charge is 0.233 e. The Kier molecular flexibility index (Phi) is 6.15. The molecule has 0 saturated carbocycles. The van der Waals surface area contributed by atoms with E-state index in [0.717, 1.165) is 19.3 Å². The maximum Gasteiger partial charge on any atom is 0.233 e. The lowest BCUT2D eigenvalue weighted by Gasteiger charge is -2.27. The van der Waals surface area contributed by atoms with Gasteiger partial charge in [0.15, 0.2) is 5.78 Å². The maximum atomic E-state index is 12.8. The van der Waals surface area contributed by atoms with Crippen molar-refractivity contribution in [1.82, 2.24) is 10.3 Å². The Morgan fingerprint density at radius 3 is 2.82 bits per heavy atom. The largest absolute Gasteiger partial charge is 0.348 e. The number of benzene rings is 1. The molecular formula is C22H23N3O2S. The molecular weight excluding hydrogens is 370 g/mol. The molecule has 0 fully saturated rings. The molecule has 0 radical (unpaired) electrons. The lowest BCUT2D eigenvalue weighted by molar-refractivity contribution is -0.121. The number of nitriles is 1. The molecule has 1 aliphatic carbocycles. The molecule has 1 aromatic carbocycles. The molecule has 2 atom stereocenters. The Balaban J connectivity index is 1.74. The van der Waals surface area contributed by atoms with Gasteiger partial charge in [-0.25, -0.2) is 4.98 Å². The quantitative estimate of drug-likeness (QED) is 0.610. The number of rotatable bonds is 5. The Bertz CT molecular complexity index is 965. The normalized spacial score (nSPS) is 16.6. The van der Waals surface area contributed by atoms with Crippen LogP contribution in [0.2, 0.25) is 0 Å². The van der Waals surface area contributed by atoms with Gasteiger partial charge in [0.25, 0.3) is 0 Å². The van der Waals surface area contributed by atoms with Crippen LogP contribution in [0, 0.1) is 18.3 Å². The lowest BCUT2D eigenvalue weighted by atomic mass is 9.88. The highest BCUT2D eigenvalue weighted by atomic mass is 32.2. The lowest BCUT2D eigenvalue weighted by Crippen LogP contribution is -2.36. The van der Waals surface area contributed by atoms with Gasteiger partial charge in [-0.3, -0.25) is 9.59 Å². The number of fused-ring (bicyclic) bond motifs is 1. The fourth-order valence-corrected chi connectivity index (χ4v) is 4.45. The molecule has 1 aliphatic rings. The van der Waals surface area contributed by atoms with Crippen molar-refractivity contribution in [3.63, 3.8) is 0 Å². The van der Waals surface area contributed by atoms with E-state index in [1.54, 1.807) is 13.0 Å².